The van der Waals surface area contributed by atoms with Gasteiger partial charge in [-0.2, -0.15) is 0 Å². The van der Waals surface area contributed by atoms with Gasteiger partial charge in [-0.1, -0.05) is 31.2 Å². The van der Waals surface area contributed by atoms with E-state index in [0.29, 0.717) is 12.6 Å². The van der Waals surface area contributed by atoms with E-state index in [1.807, 2.05) is 0 Å². The molecule has 1 atom stereocenters. The smallest absolute Gasteiger partial charge is 0.315 e. The predicted molar refractivity (Wildman–Crippen MR) is 99.4 cm³/mol. The Kier molecular flexibility index (Phi) is 6.32. The molecule has 2 aliphatic rings. The molecule has 0 bridgehead atoms. The standard InChI is InChI=1S/C20H31N3O2/c1-2-18(23-12-11-15-5-3-4-6-16(15)14-23)13-21-20(25)22-17-7-9-19(24)10-8-17/h3-6,17-19,24H,2,7-14H2,1H3,(H2,21,22,25). The molecule has 0 aromatic heterocycles. The molecule has 1 fully saturated rings. The zero-order chi connectivity index (χ0) is 17.6. The third-order valence-corrected chi connectivity index (χ3v) is 5.68. The van der Waals surface area contributed by atoms with Gasteiger partial charge in [0.05, 0.1) is 6.10 Å². The lowest BCUT2D eigenvalue weighted by molar-refractivity contribution is 0.117. The number of urea groups is 1. The van der Waals surface area contributed by atoms with Crippen LogP contribution in [0.3, 0.4) is 0 Å². The van der Waals surface area contributed by atoms with E-state index in [1.54, 1.807) is 0 Å². The molecule has 1 aliphatic carbocycles. The number of fused-ring (bicyclic) bond motifs is 1. The van der Waals surface area contributed by atoms with Crippen LogP contribution in [0.4, 0.5) is 4.79 Å². The number of rotatable bonds is 5. The number of carbonyl (C=O) groups excluding carboxylic acids is 1. The average Bonchev–Trinajstić information content (AvgIpc) is 2.64. The Morgan fingerprint density at radius 2 is 1.96 bits per heavy atom. The number of benzene rings is 1. The lowest BCUT2D eigenvalue weighted by Crippen LogP contribution is -2.50. The first-order valence-electron chi connectivity index (χ1n) is 9.69. The molecule has 0 radical (unpaired) electrons. The SMILES string of the molecule is CCC(CNC(=O)NC1CCC(O)CC1)N1CCc2ccccc2C1. The highest BCUT2D eigenvalue weighted by Crippen LogP contribution is 2.21. The Bertz CT molecular complexity index is 570. The van der Waals surface area contributed by atoms with E-state index >= 15 is 0 Å². The maximum absolute atomic E-state index is 12.2. The molecule has 1 aromatic carbocycles. The average molecular weight is 345 g/mol. The topological polar surface area (TPSA) is 64.6 Å². The van der Waals surface area contributed by atoms with Crippen LogP contribution in [-0.2, 0) is 13.0 Å². The predicted octanol–water partition coefficient (Wildman–Crippen LogP) is 2.43. The van der Waals surface area contributed by atoms with Gasteiger partial charge in [0.1, 0.15) is 0 Å². The van der Waals surface area contributed by atoms with Crippen molar-refractivity contribution >= 4 is 6.03 Å². The Hall–Kier alpha value is -1.59. The normalized spacial score (nSPS) is 25.0. The van der Waals surface area contributed by atoms with Gasteiger partial charge in [0.25, 0.3) is 0 Å². The fourth-order valence-corrected chi connectivity index (χ4v) is 4.03. The number of nitrogens with one attached hydrogen (secondary N) is 2. The van der Waals surface area contributed by atoms with Crippen LogP contribution in [0, 0.1) is 0 Å². The zero-order valence-corrected chi connectivity index (χ0v) is 15.2. The second-order valence-electron chi connectivity index (χ2n) is 7.41. The lowest BCUT2D eigenvalue weighted by Gasteiger charge is -2.35. The van der Waals surface area contributed by atoms with E-state index in [2.05, 4.69) is 46.7 Å². The maximum atomic E-state index is 12.2. The molecule has 2 amide bonds. The largest absolute Gasteiger partial charge is 0.393 e. The van der Waals surface area contributed by atoms with Crippen LogP contribution in [0.15, 0.2) is 24.3 Å². The molecule has 0 spiro atoms. The van der Waals surface area contributed by atoms with Crippen molar-refractivity contribution < 1.29 is 9.90 Å². The highest BCUT2D eigenvalue weighted by Gasteiger charge is 2.24. The highest BCUT2D eigenvalue weighted by molar-refractivity contribution is 5.74. The van der Waals surface area contributed by atoms with Gasteiger partial charge in [-0.15, -0.1) is 0 Å². The van der Waals surface area contributed by atoms with Crippen molar-refractivity contribution in [2.45, 2.75) is 70.2 Å². The van der Waals surface area contributed by atoms with Crippen LogP contribution in [-0.4, -0.2) is 47.3 Å². The summed E-state index contributed by atoms with van der Waals surface area (Å²) < 4.78 is 0. The molecule has 5 nitrogen and oxygen atoms in total. The second kappa shape index (κ2) is 8.68. The van der Waals surface area contributed by atoms with Crippen LogP contribution in [0.5, 0.6) is 0 Å². The quantitative estimate of drug-likeness (QED) is 0.768. The first-order valence-corrected chi connectivity index (χ1v) is 9.69. The summed E-state index contributed by atoms with van der Waals surface area (Å²) in [5, 5.41) is 15.7. The van der Waals surface area contributed by atoms with Crippen LogP contribution >= 0.6 is 0 Å². The molecule has 1 unspecified atom stereocenters. The third kappa shape index (κ3) is 4.95. The number of carbonyl (C=O) groups is 1. The molecular formula is C20H31N3O2. The minimum atomic E-state index is -0.187. The first-order chi connectivity index (χ1) is 12.2. The fraction of sp³-hybridized carbons (Fsp3) is 0.650. The van der Waals surface area contributed by atoms with E-state index in [4.69, 9.17) is 0 Å². The summed E-state index contributed by atoms with van der Waals surface area (Å²) in [7, 11) is 0. The maximum Gasteiger partial charge on any atom is 0.315 e. The van der Waals surface area contributed by atoms with Crippen molar-refractivity contribution in [3.05, 3.63) is 35.4 Å². The molecule has 1 saturated carbocycles. The molecule has 5 heteroatoms. The summed E-state index contributed by atoms with van der Waals surface area (Å²) in [6.45, 7) is 4.89. The highest BCUT2D eigenvalue weighted by atomic mass is 16.3. The Balaban J connectivity index is 1.45. The first kappa shape index (κ1) is 18.2. The van der Waals surface area contributed by atoms with Crippen molar-refractivity contribution in [3.63, 3.8) is 0 Å². The minimum Gasteiger partial charge on any atom is -0.393 e. The molecule has 0 saturated heterocycles. The van der Waals surface area contributed by atoms with Crippen LogP contribution in [0.25, 0.3) is 0 Å². The Labute approximate surface area is 150 Å². The van der Waals surface area contributed by atoms with Gasteiger partial charge in [0, 0.05) is 31.7 Å². The molecule has 3 N–H and O–H groups in total. The van der Waals surface area contributed by atoms with E-state index in [9.17, 15) is 9.90 Å². The molecule has 1 aliphatic heterocycles. The fourth-order valence-electron chi connectivity index (χ4n) is 4.03. The summed E-state index contributed by atoms with van der Waals surface area (Å²) in [5.74, 6) is 0. The number of hydrogen-bond donors (Lipinski definition) is 3. The van der Waals surface area contributed by atoms with Crippen LogP contribution in [0.1, 0.15) is 50.2 Å². The Morgan fingerprint density at radius 3 is 2.68 bits per heavy atom. The van der Waals surface area contributed by atoms with Gasteiger partial charge in [-0.25, -0.2) is 4.79 Å². The summed E-state index contributed by atoms with van der Waals surface area (Å²) in [4.78, 5) is 14.7. The molecule has 138 valence electrons. The van der Waals surface area contributed by atoms with E-state index in [1.165, 1.54) is 11.1 Å². The van der Waals surface area contributed by atoms with Crippen molar-refractivity contribution in [2.75, 3.05) is 13.1 Å². The van der Waals surface area contributed by atoms with Crippen LogP contribution in [0.2, 0.25) is 0 Å². The summed E-state index contributed by atoms with van der Waals surface area (Å²) in [6.07, 6.45) is 5.24. The third-order valence-electron chi connectivity index (χ3n) is 5.68. The summed E-state index contributed by atoms with van der Waals surface area (Å²) in [5.41, 5.74) is 2.87. The van der Waals surface area contributed by atoms with Gasteiger partial charge in [0.2, 0.25) is 0 Å². The van der Waals surface area contributed by atoms with Gasteiger partial charge < -0.3 is 15.7 Å². The number of amides is 2. The number of hydrogen-bond acceptors (Lipinski definition) is 3. The monoisotopic (exact) mass is 345 g/mol. The van der Waals surface area contributed by atoms with E-state index in [-0.39, 0.29) is 18.2 Å². The minimum absolute atomic E-state index is 0.0720. The number of nitrogens with zero attached hydrogens (tertiary/aromatic N) is 1. The molecule has 1 aromatic rings. The molecule has 1 heterocycles. The van der Waals surface area contributed by atoms with Gasteiger partial charge in [-0.05, 0) is 49.7 Å². The van der Waals surface area contributed by atoms with Gasteiger partial charge in [0.15, 0.2) is 0 Å². The molecule has 25 heavy (non-hydrogen) atoms. The summed E-state index contributed by atoms with van der Waals surface area (Å²) in [6, 6.07) is 9.15. The van der Waals surface area contributed by atoms with Gasteiger partial charge in [-0.3, -0.25) is 4.90 Å². The van der Waals surface area contributed by atoms with Gasteiger partial charge >= 0.3 is 6.03 Å². The van der Waals surface area contributed by atoms with E-state index < -0.39 is 0 Å². The molecule has 3 rings (SSSR count). The van der Waals surface area contributed by atoms with Crippen LogP contribution < -0.4 is 10.6 Å². The zero-order valence-electron chi connectivity index (χ0n) is 15.2. The van der Waals surface area contributed by atoms with Crippen molar-refractivity contribution in [3.8, 4) is 0 Å². The van der Waals surface area contributed by atoms with Crippen molar-refractivity contribution in [1.82, 2.24) is 15.5 Å². The van der Waals surface area contributed by atoms with E-state index in [0.717, 1.165) is 51.6 Å². The lowest BCUT2D eigenvalue weighted by atomic mass is 9.93. The summed E-state index contributed by atoms with van der Waals surface area (Å²) >= 11 is 0. The number of aliphatic hydroxyl groups is 1. The van der Waals surface area contributed by atoms with Crippen molar-refractivity contribution in [2.24, 2.45) is 0 Å². The van der Waals surface area contributed by atoms with Crippen molar-refractivity contribution in [1.29, 1.82) is 0 Å². The second-order valence-corrected chi connectivity index (χ2v) is 7.41. The Morgan fingerprint density at radius 1 is 1.24 bits per heavy atom. The molecular weight excluding hydrogens is 314 g/mol. The number of aliphatic hydroxyl groups excluding tert-OH is 1.